The van der Waals surface area contributed by atoms with Crippen molar-refractivity contribution in [2.45, 2.75) is 38.3 Å². The van der Waals surface area contributed by atoms with Crippen molar-refractivity contribution < 1.29 is 28.8 Å². The van der Waals surface area contributed by atoms with Crippen molar-refractivity contribution in [2.24, 2.45) is 0 Å². The Bertz CT molecular complexity index is 863. The first kappa shape index (κ1) is 29.2. The molecular weight excluding hydrogens is 456 g/mol. The summed E-state index contributed by atoms with van der Waals surface area (Å²) in [5, 5.41) is 15.3. The van der Waals surface area contributed by atoms with Crippen molar-refractivity contribution in [3.05, 3.63) is 35.9 Å². The molecule has 0 saturated carbocycles. The molecular formula is C23H34N6O6. The largest absolute Gasteiger partial charge is 0.348 e. The summed E-state index contributed by atoms with van der Waals surface area (Å²) >= 11 is 0. The first-order valence-corrected chi connectivity index (χ1v) is 11.3. The molecule has 0 spiro atoms. The van der Waals surface area contributed by atoms with Gasteiger partial charge in [0.15, 0.2) is 0 Å². The molecule has 1 aromatic carbocycles. The molecule has 1 rings (SSSR count). The average Bonchev–Trinajstić information content (AvgIpc) is 2.84. The molecule has 0 radical (unpaired) electrons. The summed E-state index contributed by atoms with van der Waals surface area (Å²) in [6, 6.07) is 7.15. The molecule has 0 heterocycles. The lowest BCUT2D eigenvalue weighted by Crippen LogP contribution is -2.53. The van der Waals surface area contributed by atoms with Gasteiger partial charge in [-0.1, -0.05) is 30.3 Å². The van der Waals surface area contributed by atoms with Gasteiger partial charge in [0.1, 0.15) is 18.4 Å². The van der Waals surface area contributed by atoms with E-state index in [1.54, 1.807) is 31.3 Å². The van der Waals surface area contributed by atoms with Crippen LogP contribution >= 0.6 is 0 Å². The highest BCUT2D eigenvalue weighted by Gasteiger charge is 2.24. The van der Waals surface area contributed by atoms with E-state index in [0.29, 0.717) is 25.7 Å². The second-order valence-corrected chi connectivity index (χ2v) is 7.72. The van der Waals surface area contributed by atoms with Gasteiger partial charge in [-0.3, -0.25) is 24.0 Å². The molecule has 12 heteroatoms. The Labute approximate surface area is 204 Å². The van der Waals surface area contributed by atoms with E-state index in [1.165, 1.54) is 6.92 Å². The van der Waals surface area contributed by atoms with E-state index < -0.39 is 42.3 Å². The molecule has 0 saturated heterocycles. The van der Waals surface area contributed by atoms with E-state index in [-0.39, 0.29) is 25.4 Å². The van der Waals surface area contributed by atoms with Crippen LogP contribution in [0.5, 0.6) is 0 Å². The average molecular weight is 491 g/mol. The quantitative estimate of drug-likeness (QED) is 0.112. The number of nitrogens with one attached hydrogen (secondary N) is 6. The van der Waals surface area contributed by atoms with Crippen molar-refractivity contribution in [1.82, 2.24) is 31.9 Å². The lowest BCUT2D eigenvalue weighted by Gasteiger charge is -2.20. The molecule has 0 aliphatic heterocycles. The lowest BCUT2D eigenvalue weighted by molar-refractivity contribution is -0.132. The molecule has 5 amide bonds. The van der Waals surface area contributed by atoms with Crippen LogP contribution in [0.1, 0.15) is 25.3 Å². The van der Waals surface area contributed by atoms with Crippen LogP contribution in [0.15, 0.2) is 30.3 Å². The fourth-order valence-corrected chi connectivity index (χ4v) is 3.06. The van der Waals surface area contributed by atoms with Gasteiger partial charge in [-0.05, 0) is 32.0 Å². The van der Waals surface area contributed by atoms with E-state index >= 15 is 0 Å². The predicted molar refractivity (Wildman–Crippen MR) is 128 cm³/mol. The topological polar surface area (TPSA) is 175 Å². The van der Waals surface area contributed by atoms with Crippen molar-refractivity contribution in [3.63, 3.8) is 0 Å². The lowest BCUT2D eigenvalue weighted by atomic mass is 10.1. The number of rotatable bonds is 16. The third-order valence-corrected chi connectivity index (χ3v) is 4.79. The summed E-state index contributed by atoms with van der Waals surface area (Å²) in [5.41, 5.74) is 0.801. The molecule has 35 heavy (non-hydrogen) atoms. The van der Waals surface area contributed by atoms with Gasteiger partial charge in [-0.15, -0.1) is 0 Å². The number of benzene rings is 1. The first-order valence-electron chi connectivity index (χ1n) is 11.3. The zero-order valence-electron chi connectivity index (χ0n) is 20.0. The number of carbonyl (C=O) groups is 6. The Hall–Kier alpha value is -3.80. The van der Waals surface area contributed by atoms with E-state index in [4.69, 9.17) is 0 Å². The highest BCUT2D eigenvalue weighted by atomic mass is 16.2. The Morgan fingerprint density at radius 3 is 2.06 bits per heavy atom. The van der Waals surface area contributed by atoms with Gasteiger partial charge >= 0.3 is 0 Å². The number of carbonyl (C=O) groups excluding carboxylic acids is 6. The molecule has 0 fully saturated rings. The number of hydrogen-bond acceptors (Lipinski definition) is 7. The molecule has 0 aliphatic carbocycles. The van der Waals surface area contributed by atoms with Crippen LogP contribution in [0.4, 0.5) is 0 Å². The highest BCUT2D eigenvalue weighted by Crippen LogP contribution is 2.04. The van der Waals surface area contributed by atoms with Crippen LogP contribution in [0.3, 0.4) is 0 Å². The van der Waals surface area contributed by atoms with Crippen LogP contribution in [0, 0.1) is 0 Å². The van der Waals surface area contributed by atoms with Crippen molar-refractivity contribution >= 4 is 35.8 Å². The zero-order chi connectivity index (χ0) is 26.1. The third-order valence-electron chi connectivity index (χ3n) is 4.79. The normalized spacial score (nSPS) is 11.9. The van der Waals surface area contributed by atoms with Gasteiger partial charge in [-0.2, -0.15) is 0 Å². The highest BCUT2D eigenvalue weighted by molar-refractivity contribution is 5.93. The molecule has 0 aliphatic rings. The maximum absolute atomic E-state index is 12.6. The fraction of sp³-hybridized carbons (Fsp3) is 0.478. The summed E-state index contributed by atoms with van der Waals surface area (Å²) < 4.78 is 0. The Kier molecular flexibility index (Phi) is 14.0. The Morgan fingerprint density at radius 2 is 1.46 bits per heavy atom. The summed E-state index contributed by atoms with van der Waals surface area (Å²) in [6.07, 6.45) is 1.62. The standard InChI is InChI=1S/C23H34N6O6/c1-16(31)26-14-20(32)28-18(9-6-10-24-2)22(34)27-15-21(33)29-19(23(35)25-11-12-30)13-17-7-4-3-5-8-17/h3-5,7-8,12,18-19,24H,6,9-11,13-15H2,1-2H3,(H,25,35)(H,26,31)(H,27,34)(H,28,32)(H,29,33). The second kappa shape index (κ2) is 16.8. The first-order chi connectivity index (χ1) is 16.8. The number of aldehydes is 1. The van der Waals surface area contributed by atoms with Crippen LogP contribution in [-0.4, -0.2) is 81.1 Å². The molecule has 0 aromatic heterocycles. The molecule has 2 atom stereocenters. The maximum Gasteiger partial charge on any atom is 0.243 e. The van der Waals surface area contributed by atoms with Crippen molar-refractivity contribution in [3.8, 4) is 0 Å². The smallest absolute Gasteiger partial charge is 0.243 e. The van der Waals surface area contributed by atoms with Gasteiger partial charge < -0.3 is 36.7 Å². The minimum absolute atomic E-state index is 0.191. The van der Waals surface area contributed by atoms with Gasteiger partial charge in [0.2, 0.25) is 29.5 Å². The minimum Gasteiger partial charge on any atom is -0.348 e. The molecule has 6 N–H and O–H groups in total. The van der Waals surface area contributed by atoms with Gasteiger partial charge in [-0.25, -0.2) is 0 Å². The minimum atomic E-state index is -0.953. The van der Waals surface area contributed by atoms with E-state index in [0.717, 1.165) is 5.56 Å². The van der Waals surface area contributed by atoms with Crippen LogP contribution < -0.4 is 31.9 Å². The fourth-order valence-electron chi connectivity index (χ4n) is 3.06. The monoisotopic (exact) mass is 490 g/mol. The van der Waals surface area contributed by atoms with Crippen molar-refractivity contribution in [1.29, 1.82) is 0 Å². The summed E-state index contributed by atoms with van der Waals surface area (Å²) in [4.78, 5) is 71.2. The molecule has 2 unspecified atom stereocenters. The van der Waals surface area contributed by atoms with E-state index in [9.17, 15) is 28.8 Å². The van der Waals surface area contributed by atoms with Crippen LogP contribution in [-0.2, 0) is 35.2 Å². The SMILES string of the molecule is CNCCCC(NC(=O)CNC(C)=O)C(=O)NCC(=O)NC(Cc1ccccc1)C(=O)NCC=O. The van der Waals surface area contributed by atoms with Gasteiger partial charge in [0.25, 0.3) is 0 Å². The molecule has 192 valence electrons. The molecule has 12 nitrogen and oxygen atoms in total. The second-order valence-electron chi connectivity index (χ2n) is 7.72. The molecule has 0 bridgehead atoms. The van der Waals surface area contributed by atoms with Crippen LogP contribution in [0.2, 0.25) is 0 Å². The third kappa shape index (κ3) is 12.9. The Morgan fingerprint density at radius 1 is 0.857 bits per heavy atom. The van der Waals surface area contributed by atoms with Gasteiger partial charge in [0, 0.05) is 13.3 Å². The summed E-state index contributed by atoms with van der Waals surface area (Å²) in [5.74, 6) is -2.63. The summed E-state index contributed by atoms with van der Waals surface area (Å²) in [7, 11) is 1.76. The zero-order valence-corrected chi connectivity index (χ0v) is 20.0. The van der Waals surface area contributed by atoms with Crippen molar-refractivity contribution in [2.75, 3.05) is 33.2 Å². The predicted octanol–water partition coefficient (Wildman–Crippen LogP) is -2.23. The number of hydrogen-bond donors (Lipinski definition) is 6. The Balaban J connectivity index is 2.72. The van der Waals surface area contributed by atoms with E-state index in [2.05, 4.69) is 31.9 Å². The van der Waals surface area contributed by atoms with Gasteiger partial charge in [0.05, 0.1) is 19.6 Å². The number of amides is 5. The van der Waals surface area contributed by atoms with Crippen LogP contribution in [0.25, 0.3) is 0 Å². The summed E-state index contributed by atoms with van der Waals surface area (Å²) in [6.45, 7) is 0.997. The maximum atomic E-state index is 12.6. The van der Waals surface area contributed by atoms with E-state index in [1.807, 2.05) is 6.07 Å². The molecule has 1 aromatic rings.